The molecule has 0 radical (unpaired) electrons. The van der Waals surface area contributed by atoms with E-state index in [0.29, 0.717) is 12.7 Å². The van der Waals surface area contributed by atoms with E-state index in [4.69, 9.17) is 9.47 Å². The molecular formula is C20H26BrNO2. The first-order chi connectivity index (χ1) is 11.6. The minimum atomic E-state index is 0.310. The van der Waals surface area contributed by atoms with Gasteiger partial charge in [-0.3, -0.25) is 0 Å². The molecule has 0 aliphatic heterocycles. The second kappa shape index (κ2) is 10.5. The van der Waals surface area contributed by atoms with Crippen LogP contribution in [-0.2, 0) is 17.9 Å². The lowest BCUT2D eigenvalue weighted by molar-refractivity contribution is 0.0770. The third-order valence-corrected chi connectivity index (χ3v) is 4.13. The number of nitrogens with one attached hydrogen (secondary N) is 1. The van der Waals surface area contributed by atoms with Crippen molar-refractivity contribution >= 4 is 15.9 Å². The van der Waals surface area contributed by atoms with Gasteiger partial charge in [-0.05, 0) is 66.0 Å². The van der Waals surface area contributed by atoms with Gasteiger partial charge in [-0.25, -0.2) is 0 Å². The maximum absolute atomic E-state index is 5.87. The maximum Gasteiger partial charge on any atom is 0.134 e. The molecule has 2 aromatic carbocycles. The Balaban J connectivity index is 1.73. The molecule has 0 amide bonds. The van der Waals surface area contributed by atoms with Gasteiger partial charge >= 0.3 is 0 Å². The summed E-state index contributed by atoms with van der Waals surface area (Å²) in [6.07, 6.45) is 1.34. The second-order valence-corrected chi connectivity index (χ2v) is 6.84. The van der Waals surface area contributed by atoms with Gasteiger partial charge in [-0.15, -0.1) is 0 Å². The predicted octanol–water partition coefficient (Wildman–Crippen LogP) is 4.93. The van der Waals surface area contributed by atoms with Crippen molar-refractivity contribution < 1.29 is 9.47 Å². The van der Waals surface area contributed by atoms with E-state index in [1.165, 1.54) is 11.1 Å². The van der Waals surface area contributed by atoms with Crippen molar-refractivity contribution in [3.8, 4) is 5.75 Å². The van der Waals surface area contributed by atoms with Gasteiger partial charge in [-0.2, -0.15) is 0 Å². The molecule has 0 aliphatic carbocycles. The second-order valence-electron chi connectivity index (χ2n) is 5.99. The van der Waals surface area contributed by atoms with Crippen LogP contribution in [-0.4, -0.2) is 19.3 Å². The molecule has 4 heteroatoms. The minimum absolute atomic E-state index is 0.310. The predicted molar refractivity (Wildman–Crippen MR) is 102 cm³/mol. The fraction of sp³-hybridized carbons (Fsp3) is 0.400. The van der Waals surface area contributed by atoms with Crippen molar-refractivity contribution in [2.75, 3.05) is 13.2 Å². The number of rotatable bonds is 10. The molecule has 1 N–H and O–H groups in total. The van der Waals surface area contributed by atoms with Gasteiger partial charge in [0, 0.05) is 13.2 Å². The zero-order valence-electron chi connectivity index (χ0n) is 14.4. The Morgan fingerprint density at radius 1 is 1.04 bits per heavy atom. The first kappa shape index (κ1) is 19.0. The van der Waals surface area contributed by atoms with Crippen LogP contribution in [0.5, 0.6) is 5.75 Å². The Morgan fingerprint density at radius 2 is 1.83 bits per heavy atom. The first-order valence-electron chi connectivity index (χ1n) is 8.42. The zero-order valence-corrected chi connectivity index (χ0v) is 16.0. The van der Waals surface area contributed by atoms with Crippen LogP contribution >= 0.6 is 15.9 Å². The lowest BCUT2D eigenvalue weighted by atomic mass is 10.2. The maximum atomic E-state index is 5.87. The van der Waals surface area contributed by atoms with E-state index in [1.54, 1.807) is 0 Å². The molecule has 2 rings (SSSR count). The normalized spacial score (nSPS) is 11.0. The Bertz CT molecular complexity index is 602. The van der Waals surface area contributed by atoms with E-state index in [1.807, 2.05) is 24.3 Å². The Morgan fingerprint density at radius 3 is 2.54 bits per heavy atom. The fourth-order valence-electron chi connectivity index (χ4n) is 2.26. The molecule has 130 valence electrons. The van der Waals surface area contributed by atoms with Crippen LogP contribution in [0.15, 0.2) is 53.0 Å². The van der Waals surface area contributed by atoms with Gasteiger partial charge < -0.3 is 14.8 Å². The summed E-state index contributed by atoms with van der Waals surface area (Å²) in [6.45, 7) is 7.31. The number of halogens is 1. The zero-order chi connectivity index (χ0) is 17.2. The average molecular weight is 392 g/mol. The van der Waals surface area contributed by atoms with E-state index in [0.717, 1.165) is 36.3 Å². The molecule has 0 unspecified atom stereocenters. The quantitative estimate of drug-likeness (QED) is 0.582. The van der Waals surface area contributed by atoms with Gasteiger partial charge in [0.15, 0.2) is 0 Å². The Labute approximate surface area is 153 Å². The van der Waals surface area contributed by atoms with Gasteiger partial charge in [-0.1, -0.05) is 36.4 Å². The average Bonchev–Trinajstić information content (AvgIpc) is 2.58. The fourth-order valence-corrected chi connectivity index (χ4v) is 2.80. The van der Waals surface area contributed by atoms with E-state index < -0.39 is 0 Å². The monoisotopic (exact) mass is 391 g/mol. The summed E-state index contributed by atoms with van der Waals surface area (Å²) in [5, 5.41) is 3.44. The van der Waals surface area contributed by atoms with Crippen LogP contribution in [0, 0.1) is 0 Å². The standard InChI is InChI=1S/C20H26BrNO2/c1-16(2)23-12-6-11-22-14-18-9-10-20(19(21)13-18)24-15-17-7-4-3-5-8-17/h3-5,7-10,13,16,22H,6,11-12,14-15H2,1-2H3. The van der Waals surface area contributed by atoms with Crippen molar-refractivity contribution in [3.05, 3.63) is 64.1 Å². The number of hydrogen-bond acceptors (Lipinski definition) is 3. The van der Waals surface area contributed by atoms with Crippen molar-refractivity contribution in [2.24, 2.45) is 0 Å². The molecule has 3 nitrogen and oxygen atoms in total. The first-order valence-corrected chi connectivity index (χ1v) is 9.22. The highest BCUT2D eigenvalue weighted by molar-refractivity contribution is 9.10. The van der Waals surface area contributed by atoms with Crippen LogP contribution in [0.1, 0.15) is 31.4 Å². The molecule has 0 aliphatic rings. The summed E-state index contributed by atoms with van der Waals surface area (Å²) in [6, 6.07) is 16.4. The summed E-state index contributed by atoms with van der Waals surface area (Å²) < 4.78 is 12.4. The number of benzene rings is 2. The van der Waals surface area contributed by atoms with Crippen molar-refractivity contribution in [1.29, 1.82) is 0 Å². The minimum Gasteiger partial charge on any atom is -0.488 e. The Hall–Kier alpha value is -1.36. The molecule has 0 bridgehead atoms. The van der Waals surface area contributed by atoms with Crippen LogP contribution < -0.4 is 10.1 Å². The molecule has 24 heavy (non-hydrogen) atoms. The highest BCUT2D eigenvalue weighted by Gasteiger charge is 2.03. The molecular weight excluding hydrogens is 366 g/mol. The highest BCUT2D eigenvalue weighted by atomic mass is 79.9. The molecule has 0 atom stereocenters. The summed E-state index contributed by atoms with van der Waals surface area (Å²) >= 11 is 3.60. The molecule has 0 fully saturated rings. The van der Waals surface area contributed by atoms with Gasteiger partial charge in [0.2, 0.25) is 0 Å². The number of hydrogen-bond donors (Lipinski definition) is 1. The summed E-state index contributed by atoms with van der Waals surface area (Å²) in [4.78, 5) is 0. The van der Waals surface area contributed by atoms with E-state index in [2.05, 4.69) is 59.4 Å². The van der Waals surface area contributed by atoms with E-state index in [-0.39, 0.29) is 0 Å². The third kappa shape index (κ3) is 7.04. The third-order valence-electron chi connectivity index (χ3n) is 3.51. The highest BCUT2D eigenvalue weighted by Crippen LogP contribution is 2.26. The molecule has 0 heterocycles. The smallest absolute Gasteiger partial charge is 0.134 e. The summed E-state index contributed by atoms with van der Waals surface area (Å²) in [5.74, 6) is 0.868. The van der Waals surface area contributed by atoms with Crippen LogP contribution in [0.4, 0.5) is 0 Å². The number of ether oxygens (including phenoxy) is 2. The Kier molecular flexibility index (Phi) is 8.29. The molecule has 2 aromatic rings. The summed E-state index contributed by atoms with van der Waals surface area (Å²) in [5.41, 5.74) is 2.40. The van der Waals surface area contributed by atoms with Gasteiger partial charge in [0.05, 0.1) is 10.6 Å². The van der Waals surface area contributed by atoms with Gasteiger partial charge in [0.1, 0.15) is 12.4 Å². The van der Waals surface area contributed by atoms with Crippen LogP contribution in [0.25, 0.3) is 0 Å². The molecule has 0 spiro atoms. The SMILES string of the molecule is CC(C)OCCCNCc1ccc(OCc2ccccc2)c(Br)c1. The van der Waals surface area contributed by atoms with Crippen molar-refractivity contribution in [2.45, 2.75) is 39.5 Å². The lowest BCUT2D eigenvalue weighted by Gasteiger charge is -2.11. The summed E-state index contributed by atoms with van der Waals surface area (Å²) in [7, 11) is 0. The van der Waals surface area contributed by atoms with Gasteiger partial charge in [0.25, 0.3) is 0 Å². The van der Waals surface area contributed by atoms with Crippen molar-refractivity contribution in [1.82, 2.24) is 5.32 Å². The lowest BCUT2D eigenvalue weighted by Crippen LogP contribution is -2.17. The topological polar surface area (TPSA) is 30.5 Å². The largest absolute Gasteiger partial charge is 0.488 e. The van der Waals surface area contributed by atoms with Crippen molar-refractivity contribution in [3.63, 3.8) is 0 Å². The molecule has 0 saturated carbocycles. The van der Waals surface area contributed by atoms with E-state index >= 15 is 0 Å². The molecule has 0 saturated heterocycles. The van der Waals surface area contributed by atoms with Crippen LogP contribution in [0.2, 0.25) is 0 Å². The molecule has 0 aromatic heterocycles. The van der Waals surface area contributed by atoms with Crippen LogP contribution in [0.3, 0.4) is 0 Å². The van der Waals surface area contributed by atoms with E-state index in [9.17, 15) is 0 Å².